The van der Waals surface area contributed by atoms with Gasteiger partial charge < -0.3 is 0 Å². The van der Waals surface area contributed by atoms with Crippen molar-refractivity contribution in [1.29, 1.82) is 0 Å². The van der Waals surface area contributed by atoms with Crippen molar-refractivity contribution in [2.45, 2.75) is 0 Å². The maximum absolute atomic E-state index is 10.7. The van der Waals surface area contributed by atoms with E-state index in [2.05, 4.69) is 0 Å². The van der Waals surface area contributed by atoms with Crippen LogP contribution in [0.3, 0.4) is 0 Å². The highest BCUT2D eigenvalue weighted by Gasteiger charge is 2.01. The van der Waals surface area contributed by atoms with Crippen LogP contribution in [0, 0.1) is 0 Å². The molecular weight excluding hydrogens is 164 g/mol. The van der Waals surface area contributed by atoms with Crippen LogP contribution in [0.2, 0.25) is 0 Å². The molecule has 0 saturated carbocycles. The molecule has 0 aromatic carbocycles. The fourth-order valence-electron chi connectivity index (χ4n) is 0.663. The summed E-state index contributed by atoms with van der Waals surface area (Å²) in [5, 5.41) is 0. The van der Waals surface area contributed by atoms with Crippen LogP contribution in [0.5, 0.6) is 0 Å². The van der Waals surface area contributed by atoms with Crippen LogP contribution in [0.4, 0.5) is 0 Å². The minimum atomic E-state index is -0.861. The quantitative estimate of drug-likeness (QED) is 0.538. The third-order valence-electron chi connectivity index (χ3n) is 1.24. The average molecular weight is 168 g/mol. The van der Waals surface area contributed by atoms with Crippen molar-refractivity contribution in [2.75, 3.05) is 0 Å². The molecule has 6 heteroatoms. The molecule has 62 valence electrons. The van der Waals surface area contributed by atoms with Crippen molar-refractivity contribution in [3.05, 3.63) is 32.6 Å². The molecule has 1 rings (SSSR count). The summed E-state index contributed by atoms with van der Waals surface area (Å²) in [6.07, 6.45) is 1.34. The van der Waals surface area contributed by atoms with Gasteiger partial charge in [0, 0.05) is 6.20 Å². The van der Waals surface area contributed by atoms with Crippen LogP contribution < -0.4 is 11.2 Å². The Morgan fingerprint density at radius 2 is 2.00 bits per heavy atom. The Labute approximate surface area is 65.5 Å². The number of aldehydes is 1. The molecule has 0 spiro atoms. The van der Waals surface area contributed by atoms with Gasteiger partial charge in [-0.25, -0.2) is 9.36 Å². The van der Waals surface area contributed by atoms with Crippen LogP contribution in [0.1, 0.15) is 10.4 Å². The lowest BCUT2D eigenvalue weighted by molar-refractivity contribution is 0.112. The lowest BCUT2D eigenvalue weighted by Crippen LogP contribution is -2.31. The predicted molar refractivity (Wildman–Crippen MR) is 38.9 cm³/mol. The summed E-state index contributed by atoms with van der Waals surface area (Å²) in [7, 11) is 0. The maximum Gasteiger partial charge on any atom is 0.334 e. The monoisotopic (exact) mass is 168 g/mol. The first-order valence-corrected chi connectivity index (χ1v) is 2.95. The van der Waals surface area contributed by atoms with Gasteiger partial charge in [0.05, 0.1) is 5.56 Å². The van der Waals surface area contributed by atoms with Crippen LogP contribution in [-0.4, -0.2) is 22.2 Å². The molecular formula is C6H4N2O4. The molecule has 1 N–H and O–H groups in total. The van der Waals surface area contributed by atoms with Gasteiger partial charge in [-0.3, -0.25) is 19.4 Å². The highest BCUT2D eigenvalue weighted by Crippen LogP contribution is 1.77. The second-order valence-electron chi connectivity index (χ2n) is 1.97. The molecule has 1 heterocycles. The molecule has 0 aliphatic heterocycles. The second kappa shape index (κ2) is 2.95. The molecule has 0 aliphatic rings. The van der Waals surface area contributed by atoms with Gasteiger partial charge in [0.15, 0.2) is 6.29 Å². The van der Waals surface area contributed by atoms with E-state index in [-0.39, 0.29) is 18.3 Å². The first kappa shape index (κ1) is 8.12. The highest BCUT2D eigenvalue weighted by atomic mass is 16.2. The number of rotatable bonds is 2. The Morgan fingerprint density at radius 3 is 2.50 bits per heavy atom. The van der Waals surface area contributed by atoms with E-state index in [4.69, 9.17) is 0 Å². The van der Waals surface area contributed by atoms with Gasteiger partial charge in [-0.1, -0.05) is 0 Å². The van der Waals surface area contributed by atoms with Gasteiger partial charge >= 0.3 is 5.69 Å². The van der Waals surface area contributed by atoms with Crippen molar-refractivity contribution in [1.82, 2.24) is 9.55 Å². The highest BCUT2D eigenvalue weighted by molar-refractivity contribution is 5.74. The minimum absolute atomic E-state index is 0.200. The Morgan fingerprint density at radius 1 is 1.33 bits per heavy atom. The molecule has 0 amide bonds. The van der Waals surface area contributed by atoms with E-state index in [0.717, 1.165) is 6.20 Å². The second-order valence-corrected chi connectivity index (χ2v) is 1.97. The summed E-state index contributed by atoms with van der Waals surface area (Å²) in [6, 6.07) is 0. The number of hydrogen-bond donors (Lipinski definition) is 1. The van der Waals surface area contributed by atoms with Crippen LogP contribution >= 0.6 is 0 Å². The van der Waals surface area contributed by atoms with Gasteiger partial charge in [0.25, 0.3) is 5.56 Å². The molecule has 1 aromatic heterocycles. The molecule has 0 bridgehead atoms. The number of nitrogens with one attached hydrogen (secondary N) is 1. The number of carbonyl (C=O) groups is 2. The van der Waals surface area contributed by atoms with Crippen molar-refractivity contribution >= 4 is 12.7 Å². The smallest absolute Gasteiger partial charge is 0.298 e. The van der Waals surface area contributed by atoms with Crippen LogP contribution in [0.15, 0.2) is 15.8 Å². The zero-order valence-corrected chi connectivity index (χ0v) is 5.81. The Hall–Kier alpha value is -1.98. The topological polar surface area (TPSA) is 89.0 Å². The van der Waals surface area contributed by atoms with E-state index in [1.807, 2.05) is 0 Å². The summed E-state index contributed by atoms with van der Waals surface area (Å²) in [4.78, 5) is 43.5. The minimum Gasteiger partial charge on any atom is -0.298 e. The molecule has 0 fully saturated rings. The third-order valence-corrected chi connectivity index (χ3v) is 1.24. The SMILES string of the molecule is O=Cc1cn(C=O)c(=O)[nH]c1=O. The van der Waals surface area contributed by atoms with Crippen LogP contribution in [-0.2, 0) is 4.79 Å². The van der Waals surface area contributed by atoms with Gasteiger partial charge in [0.2, 0.25) is 6.41 Å². The molecule has 0 saturated heterocycles. The summed E-state index contributed by atoms with van der Waals surface area (Å²) in [5.74, 6) is 0. The van der Waals surface area contributed by atoms with Crippen molar-refractivity contribution in [3.63, 3.8) is 0 Å². The molecule has 0 radical (unpaired) electrons. The number of carbonyl (C=O) groups excluding carboxylic acids is 2. The molecule has 12 heavy (non-hydrogen) atoms. The Kier molecular flexibility index (Phi) is 2.00. The fourth-order valence-corrected chi connectivity index (χ4v) is 0.663. The number of aromatic nitrogens is 2. The van der Waals surface area contributed by atoms with Crippen LogP contribution in [0.25, 0.3) is 0 Å². The first-order valence-electron chi connectivity index (χ1n) is 2.95. The van der Waals surface area contributed by atoms with Crippen molar-refractivity contribution < 1.29 is 9.59 Å². The zero-order valence-electron chi connectivity index (χ0n) is 5.81. The summed E-state index contributed by atoms with van der Waals surface area (Å²) in [5.41, 5.74) is -1.92. The fraction of sp³-hybridized carbons (Fsp3) is 0. The predicted octanol–water partition coefficient (Wildman–Crippen LogP) is -1.61. The number of aromatic amines is 1. The lowest BCUT2D eigenvalue weighted by Gasteiger charge is -1.92. The maximum atomic E-state index is 10.7. The number of nitrogens with zero attached hydrogens (tertiary/aromatic N) is 1. The standard InChI is InChI=1S/C6H4N2O4/c9-2-4-1-8(3-10)6(12)7-5(4)11/h1-3H,(H,7,11,12). The zero-order chi connectivity index (χ0) is 9.14. The van der Waals surface area contributed by atoms with Crippen molar-refractivity contribution in [2.24, 2.45) is 0 Å². The molecule has 6 nitrogen and oxygen atoms in total. The van der Waals surface area contributed by atoms with E-state index >= 15 is 0 Å². The van der Waals surface area contributed by atoms with Gasteiger partial charge in [-0.05, 0) is 0 Å². The largest absolute Gasteiger partial charge is 0.334 e. The van der Waals surface area contributed by atoms with E-state index in [1.165, 1.54) is 0 Å². The van der Waals surface area contributed by atoms with E-state index in [0.29, 0.717) is 4.57 Å². The summed E-state index contributed by atoms with van der Waals surface area (Å²) in [6.45, 7) is 0. The van der Waals surface area contributed by atoms with Gasteiger partial charge in [-0.2, -0.15) is 0 Å². The number of H-pyrrole nitrogens is 1. The Bertz CT molecular complexity index is 391. The summed E-state index contributed by atoms with van der Waals surface area (Å²) >= 11 is 0. The lowest BCUT2D eigenvalue weighted by atomic mass is 10.4. The van der Waals surface area contributed by atoms with E-state index in [9.17, 15) is 19.2 Å². The molecule has 0 unspecified atom stereocenters. The molecule has 1 aromatic rings. The normalized spacial score (nSPS) is 9.33. The summed E-state index contributed by atoms with van der Waals surface area (Å²) < 4.78 is 0.575. The van der Waals surface area contributed by atoms with E-state index in [1.54, 1.807) is 4.98 Å². The van der Waals surface area contributed by atoms with Crippen molar-refractivity contribution in [3.8, 4) is 0 Å². The van der Waals surface area contributed by atoms with Gasteiger partial charge in [0.1, 0.15) is 0 Å². The average Bonchev–Trinajstić information content (AvgIpc) is 2.05. The third kappa shape index (κ3) is 1.22. The first-order chi connectivity index (χ1) is 5.69. The molecule has 0 atom stereocenters. The Balaban J connectivity index is 3.58. The molecule has 0 aliphatic carbocycles. The van der Waals surface area contributed by atoms with E-state index < -0.39 is 11.2 Å². The number of hydrogen-bond acceptors (Lipinski definition) is 4. The van der Waals surface area contributed by atoms with Gasteiger partial charge in [-0.15, -0.1) is 0 Å².